The number of aromatic nitrogens is 2. The van der Waals surface area contributed by atoms with Crippen LogP contribution in [-0.4, -0.2) is 26.4 Å². The van der Waals surface area contributed by atoms with E-state index in [1.807, 2.05) is 41.0 Å². The van der Waals surface area contributed by atoms with Crippen molar-refractivity contribution in [3.05, 3.63) is 60.4 Å². The number of para-hydroxylation sites is 2. The van der Waals surface area contributed by atoms with Crippen molar-refractivity contribution in [3.8, 4) is 5.69 Å². The highest BCUT2D eigenvalue weighted by Crippen LogP contribution is 2.18. The second kappa shape index (κ2) is 5.81. The lowest BCUT2D eigenvalue weighted by Gasteiger charge is -2.05. The molecule has 0 aliphatic heterocycles. The van der Waals surface area contributed by atoms with Gasteiger partial charge in [0.2, 0.25) is 0 Å². The van der Waals surface area contributed by atoms with Gasteiger partial charge in [0.05, 0.1) is 17.5 Å². The molecule has 0 fully saturated rings. The Bertz CT molecular complexity index is 834. The topological polar surface area (TPSA) is 72.2 Å². The zero-order valence-corrected chi connectivity index (χ0v) is 11.8. The summed E-state index contributed by atoms with van der Waals surface area (Å²) in [4.78, 5) is 26.7. The largest absolute Gasteiger partial charge is 0.481 e. The van der Waals surface area contributed by atoms with Crippen LogP contribution in [0.4, 0.5) is 0 Å². The number of carbonyl (C=O) groups is 2. The summed E-state index contributed by atoms with van der Waals surface area (Å²) in [5.41, 5.74) is 3.33. The number of ketones is 1. The van der Waals surface area contributed by atoms with Crippen LogP contribution >= 0.6 is 0 Å². The van der Waals surface area contributed by atoms with Gasteiger partial charge < -0.3 is 5.11 Å². The highest BCUT2D eigenvalue weighted by atomic mass is 16.4. The Morgan fingerprint density at radius 3 is 2.45 bits per heavy atom. The third-order valence-corrected chi connectivity index (χ3v) is 3.49. The van der Waals surface area contributed by atoms with E-state index in [2.05, 4.69) is 4.98 Å². The molecule has 0 saturated heterocycles. The number of Topliss-reactive ketones (excluding diaryl/α,β-unsaturated/α-hetero) is 1. The van der Waals surface area contributed by atoms with E-state index in [1.165, 1.54) is 0 Å². The summed E-state index contributed by atoms with van der Waals surface area (Å²) >= 11 is 0. The van der Waals surface area contributed by atoms with E-state index < -0.39 is 5.97 Å². The molecular formula is C17H14N2O3. The summed E-state index contributed by atoms with van der Waals surface area (Å²) < 4.78 is 1.95. The smallest absolute Gasteiger partial charge is 0.303 e. The van der Waals surface area contributed by atoms with E-state index in [9.17, 15) is 9.59 Å². The number of fused-ring (bicyclic) bond motifs is 1. The number of hydrogen-bond donors (Lipinski definition) is 1. The Labute approximate surface area is 126 Å². The zero-order chi connectivity index (χ0) is 15.5. The highest BCUT2D eigenvalue weighted by Gasteiger charge is 2.09. The van der Waals surface area contributed by atoms with Crippen LogP contribution in [0, 0.1) is 0 Å². The molecule has 0 saturated carbocycles. The Morgan fingerprint density at radius 1 is 1.00 bits per heavy atom. The second-order valence-corrected chi connectivity index (χ2v) is 4.97. The van der Waals surface area contributed by atoms with Crippen molar-refractivity contribution in [2.24, 2.45) is 0 Å². The Morgan fingerprint density at radius 2 is 1.73 bits per heavy atom. The quantitative estimate of drug-likeness (QED) is 0.734. The van der Waals surface area contributed by atoms with Crippen LogP contribution in [0.3, 0.4) is 0 Å². The van der Waals surface area contributed by atoms with Gasteiger partial charge in [-0.05, 0) is 36.4 Å². The van der Waals surface area contributed by atoms with Crippen molar-refractivity contribution in [2.75, 3.05) is 0 Å². The van der Waals surface area contributed by atoms with Gasteiger partial charge in [-0.2, -0.15) is 0 Å². The number of benzene rings is 2. The normalized spacial score (nSPS) is 10.7. The molecule has 0 aliphatic rings. The molecule has 1 N–H and O–H groups in total. The minimum Gasteiger partial charge on any atom is -0.481 e. The first-order chi connectivity index (χ1) is 10.6. The summed E-state index contributed by atoms with van der Waals surface area (Å²) in [6.45, 7) is 0. The highest BCUT2D eigenvalue weighted by molar-refractivity contribution is 5.97. The standard InChI is InChI=1S/C17H14N2O3/c20-16(9-10-17(21)22)12-5-7-13(8-6-12)19-11-18-14-3-1-2-4-15(14)19/h1-8,11H,9-10H2,(H,21,22). The third-order valence-electron chi connectivity index (χ3n) is 3.49. The molecule has 0 amide bonds. The minimum atomic E-state index is -0.963. The van der Waals surface area contributed by atoms with Crippen LogP contribution in [0.5, 0.6) is 0 Å². The molecule has 1 heterocycles. The molecule has 0 aliphatic carbocycles. The number of carboxylic acids is 1. The van der Waals surface area contributed by atoms with E-state index in [1.54, 1.807) is 18.5 Å². The summed E-state index contributed by atoms with van der Waals surface area (Å²) in [5, 5.41) is 8.62. The zero-order valence-electron chi connectivity index (χ0n) is 11.8. The van der Waals surface area contributed by atoms with Crippen LogP contribution in [0.25, 0.3) is 16.7 Å². The van der Waals surface area contributed by atoms with Crippen LogP contribution < -0.4 is 0 Å². The number of carboxylic acid groups (broad SMARTS) is 1. The van der Waals surface area contributed by atoms with Gasteiger partial charge in [-0.25, -0.2) is 4.98 Å². The van der Waals surface area contributed by atoms with E-state index in [-0.39, 0.29) is 18.6 Å². The lowest BCUT2D eigenvalue weighted by Crippen LogP contribution is -2.04. The lowest BCUT2D eigenvalue weighted by molar-refractivity contribution is -0.136. The van der Waals surface area contributed by atoms with Crippen LogP contribution in [0.1, 0.15) is 23.2 Å². The molecule has 0 radical (unpaired) electrons. The predicted octanol–water partition coefficient (Wildman–Crippen LogP) is 3.07. The number of nitrogens with zero attached hydrogens (tertiary/aromatic N) is 2. The number of carbonyl (C=O) groups excluding carboxylic acids is 1. The van der Waals surface area contributed by atoms with Gasteiger partial charge in [0, 0.05) is 17.7 Å². The molecular weight excluding hydrogens is 280 g/mol. The van der Waals surface area contributed by atoms with Crippen molar-refractivity contribution in [1.29, 1.82) is 0 Å². The van der Waals surface area contributed by atoms with Crippen molar-refractivity contribution in [1.82, 2.24) is 9.55 Å². The third kappa shape index (κ3) is 2.74. The van der Waals surface area contributed by atoms with Crippen LogP contribution in [-0.2, 0) is 4.79 Å². The van der Waals surface area contributed by atoms with Gasteiger partial charge in [-0.3, -0.25) is 14.2 Å². The molecule has 0 atom stereocenters. The van der Waals surface area contributed by atoms with E-state index in [4.69, 9.17) is 5.11 Å². The van der Waals surface area contributed by atoms with Gasteiger partial charge in [0.15, 0.2) is 5.78 Å². The molecule has 5 heteroatoms. The summed E-state index contributed by atoms with van der Waals surface area (Å²) in [6.07, 6.45) is 1.61. The van der Waals surface area contributed by atoms with E-state index >= 15 is 0 Å². The maximum Gasteiger partial charge on any atom is 0.303 e. The molecule has 3 rings (SSSR count). The van der Waals surface area contributed by atoms with Gasteiger partial charge >= 0.3 is 5.97 Å². The number of hydrogen-bond acceptors (Lipinski definition) is 3. The Hall–Kier alpha value is -2.95. The van der Waals surface area contributed by atoms with E-state index in [0.29, 0.717) is 5.56 Å². The Kier molecular flexibility index (Phi) is 3.70. The number of rotatable bonds is 5. The number of imidazole rings is 1. The van der Waals surface area contributed by atoms with Crippen LogP contribution in [0.2, 0.25) is 0 Å². The summed E-state index contributed by atoms with van der Waals surface area (Å²) in [5.74, 6) is -1.13. The molecule has 5 nitrogen and oxygen atoms in total. The maximum absolute atomic E-state index is 11.9. The van der Waals surface area contributed by atoms with Crippen molar-refractivity contribution >= 4 is 22.8 Å². The first-order valence-electron chi connectivity index (χ1n) is 6.92. The average molecular weight is 294 g/mol. The van der Waals surface area contributed by atoms with Crippen molar-refractivity contribution in [2.45, 2.75) is 12.8 Å². The first kappa shape index (κ1) is 14.0. The molecule has 3 aromatic rings. The molecule has 2 aromatic carbocycles. The second-order valence-electron chi connectivity index (χ2n) is 4.97. The van der Waals surface area contributed by atoms with Crippen molar-refractivity contribution in [3.63, 3.8) is 0 Å². The lowest BCUT2D eigenvalue weighted by atomic mass is 10.1. The predicted molar refractivity (Wildman–Crippen MR) is 82.3 cm³/mol. The molecule has 1 aromatic heterocycles. The SMILES string of the molecule is O=C(O)CCC(=O)c1ccc(-n2cnc3ccccc32)cc1. The molecule has 0 unspecified atom stereocenters. The van der Waals surface area contributed by atoms with Gasteiger partial charge in [-0.1, -0.05) is 12.1 Å². The summed E-state index contributed by atoms with van der Waals surface area (Å²) in [7, 11) is 0. The van der Waals surface area contributed by atoms with Gasteiger partial charge in [0.25, 0.3) is 0 Å². The van der Waals surface area contributed by atoms with Gasteiger partial charge in [0.1, 0.15) is 6.33 Å². The van der Waals surface area contributed by atoms with Gasteiger partial charge in [-0.15, -0.1) is 0 Å². The maximum atomic E-state index is 11.9. The minimum absolute atomic E-state index is 0.0166. The average Bonchev–Trinajstić information content (AvgIpc) is 2.97. The Balaban J connectivity index is 1.85. The molecule has 0 bridgehead atoms. The fourth-order valence-corrected chi connectivity index (χ4v) is 2.34. The molecule has 0 spiro atoms. The fourth-order valence-electron chi connectivity index (χ4n) is 2.34. The van der Waals surface area contributed by atoms with E-state index in [0.717, 1.165) is 16.7 Å². The fraction of sp³-hybridized carbons (Fsp3) is 0.118. The molecule has 22 heavy (non-hydrogen) atoms. The number of aliphatic carboxylic acids is 1. The monoisotopic (exact) mass is 294 g/mol. The van der Waals surface area contributed by atoms with Crippen molar-refractivity contribution < 1.29 is 14.7 Å². The van der Waals surface area contributed by atoms with Crippen LogP contribution in [0.15, 0.2) is 54.9 Å². The summed E-state index contributed by atoms with van der Waals surface area (Å²) in [6, 6.07) is 14.9. The molecule has 110 valence electrons. The first-order valence-corrected chi connectivity index (χ1v) is 6.92.